The minimum absolute atomic E-state index is 0.0295. The molecule has 2 aromatic heterocycles. The van der Waals surface area contributed by atoms with E-state index in [1.807, 2.05) is 42.5 Å². The monoisotopic (exact) mass is 377 g/mol. The highest BCUT2D eigenvalue weighted by atomic mass is 16.2. The van der Waals surface area contributed by atoms with E-state index in [-0.39, 0.29) is 30.7 Å². The number of hydrogen-bond donors (Lipinski definition) is 1. The minimum Gasteiger partial charge on any atom is -0.348 e. The van der Waals surface area contributed by atoms with Crippen LogP contribution in [0.25, 0.3) is 5.69 Å². The first-order valence-corrected chi connectivity index (χ1v) is 8.98. The Hall–Kier alpha value is -3.62. The van der Waals surface area contributed by atoms with E-state index >= 15 is 0 Å². The highest BCUT2D eigenvalue weighted by Crippen LogP contribution is 2.20. The second-order valence-corrected chi connectivity index (χ2v) is 6.60. The van der Waals surface area contributed by atoms with Gasteiger partial charge >= 0.3 is 0 Å². The second kappa shape index (κ2) is 7.95. The van der Waals surface area contributed by atoms with E-state index in [0.29, 0.717) is 18.9 Å². The number of aromatic nitrogens is 5. The molecule has 4 rings (SSSR count). The molecule has 2 amide bonds. The van der Waals surface area contributed by atoms with Gasteiger partial charge in [-0.25, -0.2) is 0 Å². The number of likely N-dealkylation sites (tertiary alicyclic amines) is 1. The number of amides is 2. The molecule has 1 atom stereocenters. The maximum Gasteiger partial charge on any atom is 0.225 e. The number of nitrogens with zero attached hydrogens (tertiary/aromatic N) is 6. The van der Waals surface area contributed by atoms with Crippen LogP contribution >= 0.6 is 0 Å². The third kappa shape index (κ3) is 3.88. The van der Waals surface area contributed by atoms with Gasteiger partial charge < -0.3 is 10.2 Å². The zero-order valence-electron chi connectivity index (χ0n) is 15.1. The summed E-state index contributed by atoms with van der Waals surface area (Å²) in [5.41, 5.74) is 1.76. The average Bonchev–Trinajstić information content (AvgIpc) is 3.34. The molecule has 0 radical (unpaired) electrons. The SMILES string of the molecule is O=C(NCc1nnnn1-c1ccccc1)C1CC(=O)N(Cc2cccnc2)C1. The van der Waals surface area contributed by atoms with Crippen LogP contribution in [0.1, 0.15) is 17.8 Å². The molecule has 9 heteroatoms. The van der Waals surface area contributed by atoms with E-state index in [1.54, 1.807) is 22.0 Å². The quantitative estimate of drug-likeness (QED) is 0.679. The molecule has 142 valence electrons. The Labute approximate surface area is 161 Å². The van der Waals surface area contributed by atoms with E-state index in [4.69, 9.17) is 0 Å². The number of pyridine rings is 1. The Morgan fingerprint density at radius 3 is 2.82 bits per heavy atom. The van der Waals surface area contributed by atoms with Gasteiger partial charge in [-0.05, 0) is 34.2 Å². The fourth-order valence-electron chi connectivity index (χ4n) is 3.21. The van der Waals surface area contributed by atoms with E-state index in [0.717, 1.165) is 11.3 Å². The van der Waals surface area contributed by atoms with Gasteiger partial charge in [0.25, 0.3) is 0 Å². The van der Waals surface area contributed by atoms with Gasteiger partial charge in [-0.15, -0.1) is 5.10 Å². The number of carbonyl (C=O) groups is 2. The summed E-state index contributed by atoms with van der Waals surface area (Å²) in [6, 6.07) is 13.2. The Balaban J connectivity index is 1.35. The number of nitrogens with one attached hydrogen (secondary N) is 1. The topological polar surface area (TPSA) is 106 Å². The molecule has 1 fully saturated rings. The normalized spacial score (nSPS) is 16.4. The number of carbonyl (C=O) groups excluding carboxylic acids is 2. The van der Waals surface area contributed by atoms with Gasteiger partial charge in [0, 0.05) is 31.9 Å². The molecular formula is C19H19N7O2. The highest BCUT2D eigenvalue weighted by molar-refractivity contribution is 5.89. The number of tetrazole rings is 1. The Morgan fingerprint density at radius 1 is 1.18 bits per heavy atom. The molecule has 1 N–H and O–H groups in total. The van der Waals surface area contributed by atoms with E-state index < -0.39 is 0 Å². The average molecular weight is 377 g/mol. The van der Waals surface area contributed by atoms with Crippen molar-refractivity contribution in [1.29, 1.82) is 0 Å². The maximum atomic E-state index is 12.6. The number of rotatable bonds is 6. The van der Waals surface area contributed by atoms with Gasteiger partial charge in [-0.1, -0.05) is 24.3 Å². The summed E-state index contributed by atoms with van der Waals surface area (Å²) >= 11 is 0. The van der Waals surface area contributed by atoms with Crippen molar-refractivity contribution in [3.63, 3.8) is 0 Å². The standard InChI is InChI=1S/C19H19N7O2/c27-18-9-15(13-25(18)12-14-5-4-8-20-10-14)19(28)21-11-17-22-23-24-26(17)16-6-2-1-3-7-16/h1-8,10,15H,9,11-13H2,(H,21,28). The van der Waals surface area contributed by atoms with Crippen molar-refractivity contribution in [3.8, 4) is 5.69 Å². The van der Waals surface area contributed by atoms with E-state index in [1.165, 1.54) is 0 Å². The molecule has 0 spiro atoms. The van der Waals surface area contributed by atoms with Gasteiger partial charge in [0.15, 0.2) is 5.82 Å². The van der Waals surface area contributed by atoms with Gasteiger partial charge in [0.1, 0.15) is 0 Å². The molecule has 0 bridgehead atoms. The van der Waals surface area contributed by atoms with Crippen molar-refractivity contribution < 1.29 is 9.59 Å². The predicted molar refractivity (Wildman–Crippen MR) is 98.8 cm³/mol. The molecule has 1 unspecified atom stereocenters. The lowest BCUT2D eigenvalue weighted by atomic mass is 10.1. The second-order valence-electron chi connectivity index (χ2n) is 6.60. The molecular weight excluding hydrogens is 358 g/mol. The fourth-order valence-corrected chi connectivity index (χ4v) is 3.21. The summed E-state index contributed by atoms with van der Waals surface area (Å²) < 4.78 is 1.58. The first-order chi connectivity index (χ1) is 13.7. The Kier molecular flexibility index (Phi) is 5.05. The molecule has 1 saturated heterocycles. The summed E-state index contributed by atoms with van der Waals surface area (Å²) in [6.07, 6.45) is 3.62. The zero-order valence-corrected chi connectivity index (χ0v) is 15.1. The van der Waals surface area contributed by atoms with Gasteiger partial charge in [0.2, 0.25) is 11.8 Å². The maximum absolute atomic E-state index is 12.6. The van der Waals surface area contributed by atoms with Crippen LogP contribution in [0.4, 0.5) is 0 Å². The molecule has 1 aliphatic heterocycles. The molecule has 3 heterocycles. The first-order valence-electron chi connectivity index (χ1n) is 8.98. The van der Waals surface area contributed by atoms with Crippen LogP contribution in [0, 0.1) is 5.92 Å². The van der Waals surface area contributed by atoms with Crippen LogP contribution in [0.15, 0.2) is 54.9 Å². The molecule has 9 nitrogen and oxygen atoms in total. The van der Waals surface area contributed by atoms with Crippen LogP contribution < -0.4 is 5.32 Å². The van der Waals surface area contributed by atoms with Crippen molar-refractivity contribution in [2.24, 2.45) is 5.92 Å². The van der Waals surface area contributed by atoms with Crippen molar-refractivity contribution in [2.75, 3.05) is 6.54 Å². The fraction of sp³-hybridized carbons (Fsp3) is 0.263. The summed E-state index contributed by atoms with van der Waals surface area (Å²) in [7, 11) is 0. The minimum atomic E-state index is -0.384. The van der Waals surface area contributed by atoms with E-state index in [9.17, 15) is 9.59 Å². The van der Waals surface area contributed by atoms with E-state index in [2.05, 4.69) is 25.8 Å². The van der Waals surface area contributed by atoms with Crippen molar-refractivity contribution >= 4 is 11.8 Å². The molecule has 28 heavy (non-hydrogen) atoms. The summed E-state index contributed by atoms with van der Waals surface area (Å²) in [5, 5.41) is 14.5. The lowest BCUT2D eigenvalue weighted by molar-refractivity contribution is -0.129. The Morgan fingerprint density at radius 2 is 2.04 bits per heavy atom. The summed E-state index contributed by atoms with van der Waals surface area (Å²) in [6.45, 7) is 1.04. The number of benzene rings is 1. The molecule has 1 aliphatic rings. The van der Waals surface area contributed by atoms with Crippen LogP contribution in [0.3, 0.4) is 0 Å². The van der Waals surface area contributed by atoms with Crippen LogP contribution in [0.2, 0.25) is 0 Å². The van der Waals surface area contributed by atoms with Crippen LogP contribution in [-0.2, 0) is 22.7 Å². The molecule has 1 aromatic carbocycles. The van der Waals surface area contributed by atoms with Crippen molar-refractivity contribution in [1.82, 2.24) is 35.4 Å². The lowest BCUT2D eigenvalue weighted by Gasteiger charge is -2.16. The van der Waals surface area contributed by atoms with Gasteiger partial charge in [-0.3, -0.25) is 14.6 Å². The van der Waals surface area contributed by atoms with Crippen LogP contribution in [0.5, 0.6) is 0 Å². The molecule has 3 aromatic rings. The smallest absolute Gasteiger partial charge is 0.225 e. The number of hydrogen-bond acceptors (Lipinski definition) is 6. The van der Waals surface area contributed by atoms with Gasteiger partial charge in [-0.2, -0.15) is 4.68 Å². The number of para-hydroxylation sites is 1. The lowest BCUT2D eigenvalue weighted by Crippen LogP contribution is -2.33. The molecule has 0 aliphatic carbocycles. The third-order valence-electron chi connectivity index (χ3n) is 4.64. The largest absolute Gasteiger partial charge is 0.348 e. The Bertz CT molecular complexity index is 959. The predicted octanol–water partition coefficient (Wildman–Crippen LogP) is 0.722. The summed E-state index contributed by atoms with van der Waals surface area (Å²) in [5.74, 6) is -0.0657. The first kappa shape index (κ1) is 17.8. The molecule has 0 saturated carbocycles. The highest BCUT2D eigenvalue weighted by Gasteiger charge is 2.34. The van der Waals surface area contributed by atoms with Gasteiger partial charge in [0.05, 0.1) is 18.2 Å². The van der Waals surface area contributed by atoms with Crippen molar-refractivity contribution in [3.05, 3.63) is 66.2 Å². The summed E-state index contributed by atoms with van der Waals surface area (Å²) in [4.78, 5) is 30.6. The zero-order chi connectivity index (χ0) is 19.3. The van der Waals surface area contributed by atoms with Crippen molar-refractivity contribution in [2.45, 2.75) is 19.5 Å². The third-order valence-corrected chi connectivity index (χ3v) is 4.64. The van der Waals surface area contributed by atoms with Crippen LogP contribution in [-0.4, -0.2) is 48.5 Å².